The number of rotatable bonds is 6. The Balaban J connectivity index is 2.30. The Morgan fingerprint density at radius 1 is 1.24 bits per heavy atom. The molecule has 2 aromatic rings. The maximum Gasteiger partial charge on any atom is 0.141 e. The number of hydrogen-bond acceptors (Lipinski definition) is 3. The lowest BCUT2D eigenvalue weighted by atomic mass is 9.98. The van der Waals surface area contributed by atoms with E-state index in [0.717, 1.165) is 18.2 Å². The molecule has 1 aromatic heterocycles. The molecule has 0 amide bonds. The zero-order valence-corrected chi connectivity index (χ0v) is 12.1. The van der Waals surface area contributed by atoms with Crippen LogP contribution in [-0.2, 0) is 6.42 Å². The molecule has 0 aliphatic rings. The molecule has 0 saturated carbocycles. The van der Waals surface area contributed by atoms with Gasteiger partial charge in [0.15, 0.2) is 0 Å². The highest BCUT2D eigenvalue weighted by Crippen LogP contribution is 2.27. The highest BCUT2D eigenvalue weighted by molar-refractivity contribution is 5.34. The predicted octanol–water partition coefficient (Wildman–Crippen LogP) is 3.26. The molecule has 1 atom stereocenters. The smallest absolute Gasteiger partial charge is 0.141 e. The fraction of sp³-hybridized carbons (Fsp3) is 0.312. The molecule has 0 saturated heterocycles. The van der Waals surface area contributed by atoms with Crippen LogP contribution >= 0.6 is 0 Å². The summed E-state index contributed by atoms with van der Waals surface area (Å²) in [5.41, 5.74) is 1.51. The Bertz CT molecular complexity index is 584. The SMILES string of the molecule is CCNC(Cc1cc(F)cc(F)c1)c1ccncc1OC. The van der Waals surface area contributed by atoms with Gasteiger partial charge in [-0.1, -0.05) is 6.92 Å². The number of pyridine rings is 1. The molecule has 0 fully saturated rings. The average Bonchev–Trinajstić information content (AvgIpc) is 2.45. The van der Waals surface area contributed by atoms with Gasteiger partial charge >= 0.3 is 0 Å². The van der Waals surface area contributed by atoms with Crippen LogP contribution in [0.4, 0.5) is 8.78 Å². The summed E-state index contributed by atoms with van der Waals surface area (Å²) in [4.78, 5) is 4.02. The number of methoxy groups -OCH3 is 1. The van der Waals surface area contributed by atoms with Gasteiger partial charge in [-0.05, 0) is 36.7 Å². The number of benzene rings is 1. The van der Waals surface area contributed by atoms with Crippen LogP contribution in [0.3, 0.4) is 0 Å². The van der Waals surface area contributed by atoms with E-state index in [2.05, 4.69) is 10.3 Å². The van der Waals surface area contributed by atoms with Gasteiger partial charge in [0.1, 0.15) is 17.4 Å². The van der Waals surface area contributed by atoms with E-state index in [9.17, 15) is 8.78 Å². The number of ether oxygens (including phenoxy) is 1. The van der Waals surface area contributed by atoms with Gasteiger partial charge < -0.3 is 10.1 Å². The molecule has 1 unspecified atom stereocenters. The normalized spacial score (nSPS) is 12.2. The Hall–Kier alpha value is -2.01. The van der Waals surface area contributed by atoms with Crippen molar-refractivity contribution in [2.75, 3.05) is 13.7 Å². The van der Waals surface area contributed by atoms with Gasteiger partial charge in [0.2, 0.25) is 0 Å². The first-order valence-corrected chi connectivity index (χ1v) is 6.80. The third kappa shape index (κ3) is 3.98. The van der Waals surface area contributed by atoms with Gasteiger partial charge in [-0.25, -0.2) is 8.78 Å². The van der Waals surface area contributed by atoms with Crippen LogP contribution in [0.5, 0.6) is 5.75 Å². The van der Waals surface area contributed by atoms with Crippen LogP contribution in [0, 0.1) is 11.6 Å². The van der Waals surface area contributed by atoms with E-state index in [1.807, 2.05) is 13.0 Å². The fourth-order valence-corrected chi connectivity index (χ4v) is 2.35. The first-order chi connectivity index (χ1) is 10.1. The maximum absolute atomic E-state index is 13.3. The largest absolute Gasteiger partial charge is 0.495 e. The Kier molecular flexibility index (Phi) is 5.22. The van der Waals surface area contributed by atoms with Crippen molar-refractivity contribution in [1.82, 2.24) is 10.3 Å². The second-order valence-corrected chi connectivity index (χ2v) is 4.71. The number of likely N-dealkylation sites (N-methyl/N-ethyl adjacent to an activating group) is 1. The van der Waals surface area contributed by atoms with Crippen molar-refractivity contribution >= 4 is 0 Å². The minimum Gasteiger partial charge on any atom is -0.495 e. The summed E-state index contributed by atoms with van der Waals surface area (Å²) in [6, 6.07) is 5.32. The lowest BCUT2D eigenvalue weighted by molar-refractivity contribution is 0.397. The van der Waals surface area contributed by atoms with Gasteiger partial charge in [-0.3, -0.25) is 4.98 Å². The molecule has 0 spiro atoms. The lowest BCUT2D eigenvalue weighted by Gasteiger charge is -2.20. The van der Waals surface area contributed by atoms with Gasteiger partial charge in [0, 0.05) is 23.9 Å². The monoisotopic (exact) mass is 292 g/mol. The number of aromatic nitrogens is 1. The topological polar surface area (TPSA) is 34.2 Å². The summed E-state index contributed by atoms with van der Waals surface area (Å²) >= 11 is 0. The summed E-state index contributed by atoms with van der Waals surface area (Å²) in [6.45, 7) is 2.71. The van der Waals surface area contributed by atoms with Crippen molar-refractivity contribution < 1.29 is 13.5 Å². The van der Waals surface area contributed by atoms with E-state index in [0.29, 0.717) is 17.7 Å². The van der Waals surface area contributed by atoms with Gasteiger partial charge in [-0.2, -0.15) is 0 Å². The summed E-state index contributed by atoms with van der Waals surface area (Å²) in [5.74, 6) is -0.482. The summed E-state index contributed by atoms with van der Waals surface area (Å²) in [6.07, 6.45) is 3.77. The lowest BCUT2D eigenvalue weighted by Crippen LogP contribution is -2.23. The van der Waals surface area contributed by atoms with Crippen molar-refractivity contribution in [2.45, 2.75) is 19.4 Å². The van der Waals surface area contributed by atoms with Crippen molar-refractivity contribution in [3.05, 3.63) is 59.4 Å². The second kappa shape index (κ2) is 7.13. The molecule has 0 radical (unpaired) electrons. The van der Waals surface area contributed by atoms with E-state index in [1.54, 1.807) is 19.5 Å². The van der Waals surface area contributed by atoms with E-state index in [-0.39, 0.29) is 6.04 Å². The number of hydrogen-bond donors (Lipinski definition) is 1. The van der Waals surface area contributed by atoms with Crippen molar-refractivity contribution in [2.24, 2.45) is 0 Å². The summed E-state index contributed by atoms with van der Waals surface area (Å²) in [7, 11) is 1.57. The van der Waals surface area contributed by atoms with Gasteiger partial charge in [0.05, 0.1) is 13.3 Å². The first-order valence-electron chi connectivity index (χ1n) is 6.80. The molecule has 1 aromatic carbocycles. The van der Waals surface area contributed by atoms with Crippen molar-refractivity contribution in [3.63, 3.8) is 0 Å². The molecule has 0 aliphatic heterocycles. The van der Waals surface area contributed by atoms with Crippen LogP contribution in [0.25, 0.3) is 0 Å². The molecule has 2 rings (SSSR count). The van der Waals surface area contributed by atoms with Crippen molar-refractivity contribution in [1.29, 1.82) is 0 Å². The number of halogens is 2. The molecule has 21 heavy (non-hydrogen) atoms. The molecule has 0 aliphatic carbocycles. The molecule has 1 heterocycles. The first kappa shape index (κ1) is 15.4. The number of nitrogens with one attached hydrogen (secondary N) is 1. The van der Waals surface area contributed by atoms with Gasteiger partial charge in [-0.15, -0.1) is 0 Å². The molecule has 5 heteroatoms. The maximum atomic E-state index is 13.3. The van der Waals surface area contributed by atoms with Crippen LogP contribution in [0.1, 0.15) is 24.1 Å². The van der Waals surface area contributed by atoms with Crippen LogP contribution in [0.15, 0.2) is 36.7 Å². The second-order valence-electron chi connectivity index (χ2n) is 4.71. The third-order valence-electron chi connectivity index (χ3n) is 3.22. The summed E-state index contributed by atoms with van der Waals surface area (Å²) in [5, 5.41) is 3.31. The van der Waals surface area contributed by atoms with Gasteiger partial charge in [0.25, 0.3) is 0 Å². The van der Waals surface area contributed by atoms with E-state index >= 15 is 0 Å². The molecular weight excluding hydrogens is 274 g/mol. The Morgan fingerprint density at radius 3 is 2.57 bits per heavy atom. The minimum absolute atomic E-state index is 0.103. The zero-order chi connectivity index (χ0) is 15.2. The highest BCUT2D eigenvalue weighted by atomic mass is 19.1. The van der Waals surface area contributed by atoms with Crippen LogP contribution in [0.2, 0.25) is 0 Å². The Morgan fingerprint density at radius 2 is 1.95 bits per heavy atom. The molecule has 3 nitrogen and oxygen atoms in total. The zero-order valence-electron chi connectivity index (χ0n) is 12.1. The van der Waals surface area contributed by atoms with Crippen LogP contribution < -0.4 is 10.1 Å². The highest BCUT2D eigenvalue weighted by Gasteiger charge is 2.16. The van der Waals surface area contributed by atoms with E-state index in [1.165, 1.54) is 12.1 Å². The molecule has 0 bridgehead atoms. The third-order valence-corrected chi connectivity index (χ3v) is 3.22. The van der Waals surface area contributed by atoms with E-state index in [4.69, 9.17) is 4.74 Å². The quantitative estimate of drug-likeness (QED) is 0.887. The molecule has 1 N–H and O–H groups in total. The van der Waals surface area contributed by atoms with Crippen LogP contribution in [-0.4, -0.2) is 18.6 Å². The average molecular weight is 292 g/mol. The Labute approximate surface area is 123 Å². The fourth-order valence-electron chi connectivity index (χ4n) is 2.35. The minimum atomic E-state index is -0.568. The predicted molar refractivity (Wildman–Crippen MR) is 77.3 cm³/mol. The molecule has 112 valence electrons. The van der Waals surface area contributed by atoms with E-state index < -0.39 is 11.6 Å². The summed E-state index contributed by atoms with van der Waals surface area (Å²) < 4.78 is 31.9. The number of nitrogens with zero attached hydrogens (tertiary/aromatic N) is 1. The molecular formula is C16H18F2N2O. The standard InChI is InChI=1S/C16H18F2N2O/c1-3-20-15(14-4-5-19-10-16(14)21-2)8-11-6-12(17)9-13(18)7-11/h4-7,9-10,15,20H,3,8H2,1-2H3. The van der Waals surface area contributed by atoms with Crippen molar-refractivity contribution in [3.8, 4) is 5.75 Å².